The van der Waals surface area contributed by atoms with Crippen LogP contribution in [0.2, 0.25) is 0 Å². The third-order valence-corrected chi connectivity index (χ3v) is 8.26. The van der Waals surface area contributed by atoms with Crippen LogP contribution in [0, 0.1) is 24.0 Å². The van der Waals surface area contributed by atoms with Crippen molar-refractivity contribution in [1.82, 2.24) is 0 Å². The van der Waals surface area contributed by atoms with Crippen LogP contribution in [-0.4, -0.2) is 27.5 Å². The van der Waals surface area contributed by atoms with Gasteiger partial charge in [-0.3, -0.25) is 14.9 Å². The van der Waals surface area contributed by atoms with E-state index >= 15 is 0 Å². The lowest BCUT2D eigenvalue weighted by Crippen LogP contribution is -2.16. The van der Waals surface area contributed by atoms with Crippen molar-refractivity contribution in [3.63, 3.8) is 0 Å². The molecule has 0 saturated carbocycles. The summed E-state index contributed by atoms with van der Waals surface area (Å²) in [5.74, 6) is -2.42. The number of Topliss-reactive ketones (excluding diaryl/α,β-unsaturated/α-hetero) is 1. The lowest BCUT2D eigenvalue weighted by molar-refractivity contribution is -0.385. The quantitative estimate of drug-likeness (QED) is 0.107. The maximum atomic E-state index is 13.1. The number of hydrogen-bond donors (Lipinski definition) is 0. The van der Waals surface area contributed by atoms with Crippen LogP contribution in [0.5, 0.6) is 11.5 Å². The van der Waals surface area contributed by atoms with Gasteiger partial charge in [-0.2, -0.15) is 16.8 Å². The average Bonchev–Trinajstić information content (AvgIpc) is 2.90. The molecule has 4 aromatic rings. The first-order valence-electron chi connectivity index (χ1n) is 11.8. The third kappa shape index (κ3) is 6.53. The third-order valence-electron chi connectivity index (χ3n) is 5.77. The Bertz CT molecular complexity index is 1780. The number of ketones is 1. The summed E-state index contributed by atoms with van der Waals surface area (Å²) in [6.07, 6.45) is -0.163. The van der Waals surface area contributed by atoms with Crippen molar-refractivity contribution < 1.29 is 34.9 Å². The molecule has 10 nitrogen and oxygen atoms in total. The van der Waals surface area contributed by atoms with Crippen LogP contribution in [0.25, 0.3) is 0 Å². The van der Waals surface area contributed by atoms with Crippen molar-refractivity contribution in [3.05, 3.63) is 123 Å². The highest BCUT2D eigenvalue weighted by molar-refractivity contribution is 7.87. The van der Waals surface area contributed by atoms with E-state index in [2.05, 4.69) is 0 Å². The summed E-state index contributed by atoms with van der Waals surface area (Å²) in [6, 6.07) is 21.3. The van der Waals surface area contributed by atoms with E-state index in [-0.39, 0.29) is 21.8 Å². The molecule has 0 atom stereocenters. The molecule has 12 heteroatoms. The topological polar surface area (TPSA) is 147 Å². The fraction of sp³-hybridized carbons (Fsp3) is 0.107. The molecule has 0 unspecified atom stereocenters. The van der Waals surface area contributed by atoms with Crippen LogP contribution in [0.1, 0.15) is 27.0 Å². The van der Waals surface area contributed by atoms with Gasteiger partial charge in [0.15, 0.2) is 11.5 Å². The summed E-state index contributed by atoms with van der Waals surface area (Å²) >= 11 is 0. The van der Waals surface area contributed by atoms with Gasteiger partial charge in [-0.15, -0.1) is 0 Å². The first-order chi connectivity index (χ1) is 18.9. The van der Waals surface area contributed by atoms with Crippen LogP contribution < -0.4 is 8.37 Å². The maximum absolute atomic E-state index is 13.1. The number of nitro benzene ring substituents is 1. The van der Waals surface area contributed by atoms with E-state index < -0.39 is 48.1 Å². The normalized spacial score (nSPS) is 11.6. The van der Waals surface area contributed by atoms with Gasteiger partial charge < -0.3 is 8.37 Å². The second-order valence-electron chi connectivity index (χ2n) is 8.87. The number of nitrogens with zero attached hydrogens (tertiary/aromatic N) is 1. The predicted molar refractivity (Wildman–Crippen MR) is 146 cm³/mol. The standard InChI is InChI=1S/C28H23NO9S2/c1-19-8-12-23(13-9-19)39(33,34)37-27-18-22(26(30)16-21-6-4-3-5-7-21)17-25(29(31)32)28(27)38-40(35,36)24-14-10-20(2)11-15-24/h3-15,17-18H,16H2,1-2H3. The van der Waals surface area contributed by atoms with Gasteiger partial charge in [0.2, 0.25) is 0 Å². The largest absolute Gasteiger partial charge is 0.375 e. The number of nitro groups is 1. The lowest BCUT2D eigenvalue weighted by Gasteiger charge is -2.14. The van der Waals surface area contributed by atoms with Gasteiger partial charge in [0.1, 0.15) is 9.79 Å². The Kier molecular flexibility index (Phi) is 8.03. The van der Waals surface area contributed by atoms with Gasteiger partial charge in [-0.25, -0.2) is 0 Å². The maximum Gasteiger partial charge on any atom is 0.339 e. The van der Waals surface area contributed by atoms with E-state index in [1.54, 1.807) is 44.2 Å². The Morgan fingerprint density at radius 2 is 1.25 bits per heavy atom. The molecule has 4 aromatic carbocycles. The van der Waals surface area contributed by atoms with Gasteiger partial charge in [-0.05, 0) is 49.7 Å². The lowest BCUT2D eigenvalue weighted by atomic mass is 10.0. The van der Waals surface area contributed by atoms with Gasteiger partial charge in [-0.1, -0.05) is 65.7 Å². The van der Waals surface area contributed by atoms with Crippen molar-refractivity contribution in [2.75, 3.05) is 0 Å². The number of carbonyl (C=O) groups excluding carboxylic acids is 1. The minimum atomic E-state index is -4.68. The van der Waals surface area contributed by atoms with Crippen molar-refractivity contribution >= 4 is 31.7 Å². The number of benzene rings is 4. The van der Waals surface area contributed by atoms with Crippen LogP contribution in [0.3, 0.4) is 0 Å². The Labute approximate surface area is 231 Å². The van der Waals surface area contributed by atoms with Crippen molar-refractivity contribution in [3.8, 4) is 11.5 Å². The molecule has 0 bridgehead atoms. The molecule has 0 N–H and O–H groups in total. The minimum absolute atomic E-state index is 0.163. The highest BCUT2D eigenvalue weighted by Crippen LogP contribution is 2.42. The second-order valence-corrected chi connectivity index (χ2v) is 12.0. The Morgan fingerprint density at radius 3 is 1.75 bits per heavy atom. The molecule has 0 saturated heterocycles. The molecule has 4 rings (SSSR count). The molecule has 206 valence electrons. The molecule has 0 fully saturated rings. The molecule has 0 aliphatic heterocycles. The molecule has 40 heavy (non-hydrogen) atoms. The second kappa shape index (κ2) is 11.3. The Morgan fingerprint density at radius 1 is 0.750 bits per heavy atom. The molecular formula is C28H23NO9S2. The Hall–Kier alpha value is -4.55. The van der Waals surface area contributed by atoms with E-state index in [0.29, 0.717) is 5.56 Å². The molecule has 0 aromatic heterocycles. The summed E-state index contributed by atoms with van der Waals surface area (Å²) in [5.41, 5.74) is 0.872. The van der Waals surface area contributed by atoms with E-state index in [1.807, 2.05) is 0 Å². The van der Waals surface area contributed by atoms with E-state index in [0.717, 1.165) is 23.3 Å². The van der Waals surface area contributed by atoms with E-state index in [1.165, 1.54) is 48.5 Å². The number of aryl methyl sites for hydroxylation is 2. The first kappa shape index (κ1) is 28.5. The fourth-order valence-electron chi connectivity index (χ4n) is 3.65. The summed E-state index contributed by atoms with van der Waals surface area (Å²) in [6.45, 7) is 3.47. The zero-order chi connectivity index (χ0) is 29.1. The summed E-state index contributed by atoms with van der Waals surface area (Å²) in [4.78, 5) is 23.5. The zero-order valence-electron chi connectivity index (χ0n) is 21.3. The Balaban J connectivity index is 1.86. The minimum Gasteiger partial charge on any atom is -0.375 e. The van der Waals surface area contributed by atoms with Gasteiger partial charge in [0.25, 0.3) is 5.75 Å². The molecule has 0 radical (unpaired) electrons. The van der Waals surface area contributed by atoms with Gasteiger partial charge in [0.05, 0.1) is 4.92 Å². The van der Waals surface area contributed by atoms with Crippen LogP contribution in [0.4, 0.5) is 5.69 Å². The monoisotopic (exact) mass is 581 g/mol. The van der Waals surface area contributed by atoms with Gasteiger partial charge >= 0.3 is 25.9 Å². The summed E-state index contributed by atoms with van der Waals surface area (Å²) in [7, 11) is -9.31. The predicted octanol–water partition coefficient (Wildman–Crippen LogP) is 5.17. The molecular weight excluding hydrogens is 558 g/mol. The summed E-state index contributed by atoms with van der Waals surface area (Å²) in [5, 5.41) is 12.1. The highest BCUT2D eigenvalue weighted by atomic mass is 32.2. The van der Waals surface area contributed by atoms with Crippen LogP contribution in [0.15, 0.2) is 101 Å². The van der Waals surface area contributed by atoms with Crippen LogP contribution in [-0.2, 0) is 26.7 Å². The van der Waals surface area contributed by atoms with E-state index in [9.17, 15) is 31.7 Å². The van der Waals surface area contributed by atoms with E-state index in [4.69, 9.17) is 8.37 Å². The molecule has 0 aliphatic carbocycles. The summed E-state index contributed by atoms with van der Waals surface area (Å²) < 4.78 is 62.7. The van der Waals surface area contributed by atoms with Crippen molar-refractivity contribution in [2.45, 2.75) is 30.1 Å². The fourth-order valence-corrected chi connectivity index (χ4v) is 5.53. The van der Waals surface area contributed by atoms with Gasteiger partial charge in [0, 0.05) is 18.1 Å². The molecule has 0 amide bonds. The molecule has 0 heterocycles. The number of hydrogen-bond acceptors (Lipinski definition) is 9. The molecule has 0 spiro atoms. The average molecular weight is 582 g/mol. The van der Waals surface area contributed by atoms with Crippen molar-refractivity contribution in [1.29, 1.82) is 0 Å². The zero-order valence-corrected chi connectivity index (χ0v) is 22.9. The smallest absolute Gasteiger partial charge is 0.339 e. The van der Waals surface area contributed by atoms with Crippen molar-refractivity contribution in [2.24, 2.45) is 0 Å². The van der Waals surface area contributed by atoms with Crippen LogP contribution >= 0.6 is 0 Å². The number of carbonyl (C=O) groups is 1. The SMILES string of the molecule is Cc1ccc(S(=O)(=O)Oc2cc(C(=O)Cc3ccccc3)cc([N+](=O)[O-])c2OS(=O)(=O)c2ccc(C)cc2)cc1. The highest BCUT2D eigenvalue weighted by Gasteiger charge is 2.32. The molecule has 0 aliphatic rings. The first-order valence-corrected chi connectivity index (χ1v) is 14.6. The number of rotatable bonds is 10.